The molecule has 5 rings (SSSR count). The number of hydrogen-bond donors (Lipinski definition) is 1. The summed E-state index contributed by atoms with van der Waals surface area (Å²) in [5.74, 6) is 1.73. The van der Waals surface area contributed by atoms with Gasteiger partial charge in [-0.25, -0.2) is 23.1 Å². The maximum atomic E-state index is 12.8. The number of nitrogens with zero attached hydrogens (tertiary/aromatic N) is 3. The molecule has 3 heterocycles. The lowest BCUT2D eigenvalue weighted by Crippen LogP contribution is -2.28. The Bertz CT molecular complexity index is 1340. The van der Waals surface area contributed by atoms with Crippen LogP contribution in [0.3, 0.4) is 0 Å². The van der Waals surface area contributed by atoms with Crippen molar-refractivity contribution in [3.8, 4) is 22.9 Å². The van der Waals surface area contributed by atoms with Crippen LogP contribution in [0, 0.1) is 0 Å². The van der Waals surface area contributed by atoms with E-state index in [-0.39, 0.29) is 11.4 Å². The van der Waals surface area contributed by atoms with Crippen LogP contribution >= 0.6 is 0 Å². The largest absolute Gasteiger partial charge is 0.486 e. The number of ether oxygens (including phenoxy) is 2. The number of fused-ring (bicyclic) bond motifs is 2. The molecule has 2 aromatic heterocycles. The van der Waals surface area contributed by atoms with E-state index in [0.29, 0.717) is 36.9 Å². The molecule has 31 heavy (non-hydrogen) atoms. The summed E-state index contributed by atoms with van der Waals surface area (Å²) in [5.41, 5.74) is 2.41. The second kappa shape index (κ2) is 8.01. The summed E-state index contributed by atoms with van der Waals surface area (Å²) in [5, 5.41) is 0. The Balaban J connectivity index is 1.39. The van der Waals surface area contributed by atoms with Crippen LogP contribution in [0.4, 0.5) is 0 Å². The van der Waals surface area contributed by atoms with Crippen molar-refractivity contribution in [2.45, 2.75) is 11.4 Å². The number of pyridine rings is 1. The number of aromatic nitrogens is 3. The smallest absolute Gasteiger partial charge is 0.240 e. The van der Waals surface area contributed by atoms with Gasteiger partial charge in [-0.3, -0.25) is 0 Å². The third kappa shape index (κ3) is 3.85. The predicted molar refractivity (Wildman–Crippen MR) is 116 cm³/mol. The van der Waals surface area contributed by atoms with Crippen LogP contribution in [0.2, 0.25) is 0 Å². The number of benzene rings is 2. The van der Waals surface area contributed by atoms with E-state index in [0.717, 1.165) is 16.9 Å². The summed E-state index contributed by atoms with van der Waals surface area (Å²) >= 11 is 0. The fourth-order valence-corrected chi connectivity index (χ4v) is 4.58. The summed E-state index contributed by atoms with van der Waals surface area (Å²) < 4.78 is 41.2. The molecule has 0 radical (unpaired) electrons. The molecule has 4 aromatic rings. The minimum absolute atomic E-state index is 0.133. The van der Waals surface area contributed by atoms with Gasteiger partial charge in [0.05, 0.1) is 4.90 Å². The molecule has 9 heteroatoms. The first-order chi connectivity index (χ1) is 15.1. The van der Waals surface area contributed by atoms with Gasteiger partial charge in [-0.15, -0.1) is 0 Å². The first kappa shape index (κ1) is 19.5. The van der Waals surface area contributed by atoms with Crippen molar-refractivity contribution in [2.24, 2.45) is 0 Å². The second-order valence-electron chi connectivity index (χ2n) is 7.00. The average molecular weight is 436 g/mol. The highest BCUT2D eigenvalue weighted by Crippen LogP contribution is 2.32. The third-order valence-corrected chi connectivity index (χ3v) is 6.45. The molecule has 1 aliphatic heterocycles. The molecular formula is C22H20N4O4S. The van der Waals surface area contributed by atoms with Crippen LogP contribution in [0.5, 0.6) is 11.5 Å². The monoisotopic (exact) mass is 436 g/mol. The summed E-state index contributed by atoms with van der Waals surface area (Å²) in [7, 11) is -3.72. The summed E-state index contributed by atoms with van der Waals surface area (Å²) in [6.07, 6.45) is 1.70. The molecule has 0 spiro atoms. The highest BCUT2D eigenvalue weighted by atomic mass is 32.2. The maximum absolute atomic E-state index is 12.8. The van der Waals surface area contributed by atoms with Gasteiger partial charge in [-0.2, -0.15) is 0 Å². The van der Waals surface area contributed by atoms with E-state index in [4.69, 9.17) is 14.5 Å². The van der Waals surface area contributed by atoms with E-state index in [1.54, 1.807) is 12.3 Å². The fourth-order valence-electron chi connectivity index (χ4n) is 3.54. The molecule has 8 nitrogen and oxygen atoms in total. The quantitative estimate of drug-likeness (QED) is 0.499. The van der Waals surface area contributed by atoms with Crippen LogP contribution < -0.4 is 14.2 Å². The van der Waals surface area contributed by atoms with E-state index in [9.17, 15) is 8.42 Å². The van der Waals surface area contributed by atoms with Crippen LogP contribution in [0.15, 0.2) is 71.8 Å². The van der Waals surface area contributed by atoms with Gasteiger partial charge in [0.15, 0.2) is 17.1 Å². The molecule has 0 unspecified atom stereocenters. The molecule has 0 amide bonds. The summed E-state index contributed by atoms with van der Waals surface area (Å²) in [4.78, 5) is 9.27. The SMILES string of the molecule is O=S(=O)(NCCn1c(-c2ccccc2)nc2cccnc21)c1ccc2c(c1)OCCO2. The van der Waals surface area contributed by atoms with Gasteiger partial charge in [0.25, 0.3) is 0 Å². The number of rotatable bonds is 6. The minimum atomic E-state index is -3.72. The van der Waals surface area contributed by atoms with Crippen molar-refractivity contribution in [2.75, 3.05) is 19.8 Å². The summed E-state index contributed by atoms with van der Waals surface area (Å²) in [6, 6.07) is 18.1. The lowest BCUT2D eigenvalue weighted by molar-refractivity contribution is 0.171. The van der Waals surface area contributed by atoms with E-state index in [2.05, 4.69) is 9.71 Å². The topological polar surface area (TPSA) is 95.3 Å². The Morgan fingerprint density at radius 1 is 0.968 bits per heavy atom. The Labute approximate surface area is 179 Å². The van der Waals surface area contributed by atoms with Gasteiger partial charge in [-0.1, -0.05) is 30.3 Å². The van der Waals surface area contributed by atoms with Crippen molar-refractivity contribution < 1.29 is 17.9 Å². The zero-order valence-electron chi connectivity index (χ0n) is 16.6. The molecule has 2 aromatic carbocycles. The molecule has 0 atom stereocenters. The molecule has 158 valence electrons. The number of imidazole rings is 1. The number of nitrogens with one attached hydrogen (secondary N) is 1. The van der Waals surface area contributed by atoms with Crippen molar-refractivity contribution in [1.29, 1.82) is 0 Å². The standard InChI is InChI=1S/C22H20N4O4S/c27-31(28,17-8-9-19-20(15-17)30-14-13-29-19)24-11-12-26-21(16-5-2-1-3-6-16)25-18-7-4-10-23-22(18)26/h1-10,15,24H,11-14H2. The Morgan fingerprint density at radius 3 is 2.61 bits per heavy atom. The van der Waals surface area contributed by atoms with Gasteiger partial charge in [0.1, 0.15) is 24.6 Å². The van der Waals surface area contributed by atoms with Gasteiger partial charge >= 0.3 is 0 Å². The Kier molecular flexibility index (Phi) is 5.05. The van der Waals surface area contributed by atoms with Gasteiger partial charge in [0, 0.05) is 30.9 Å². The molecule has 0 fully saturated rings. The number of hydrogen-bond acceptors (Lipinski definition) is 6. The van der Waals surface area contributed by atoms with Gasteiger partial charge < -0.3 is 14.0 Å². The molecule has 1 aliphatic rings. The summed E-state index contributed by atoms with van der Waals surface area (Å²) in [6.45, 7) is 1.40. The normalized spacial score (nSPS) is 13.4. The zero-order valence-corrected chi connectivity index (χ0v) is 17.4. The van der Waals surface area contributed by atoms with Crippen LogP contribution in [0.1, 0.15) is 0 Å². The van der Waals surface area contributed by atoms with Crippen molar-refractivity contribution in [3.63, 3.8) is 0 Å². The third-order valence-electron chi connectivity index (χ3n) is 4.99. The van der Waals surface area contributed by atoms with E-state index in [1.807, 2.05) is 47.0 Å². The van der Waals surface area contributed by atoms with Crippen molar-refractivity contribution in [1.82, 2.24) is 19.3 Å². The van der Waals surface area contributed by atoms with E-state index < -0.39 is 10.0 Å². The van der Waals surface area contributed by atoms with Crippen molar-refractivity contribution in [3.05, 3.63) is 66.9 Å². The van der Waals surface area contributed by atoms with E-state index >= 15 is 0 Å². The van der Waals surface area contributed by atoms with Crippen LogP contribution in [-0.4, -0.2) is 42.7 Å². The van der Waals surface area contributed by atoms with Crippen molar-refractivity contribution >= 4 is 21.2 Å². The van der Waals surface area contributed by atoms with Crippen LogP contribution in [-0.2, 0) is 16.6 Å². The number of sulfonamides is 1. The highest BCUT2D eigenvalue weighted by Gasteiger charge is 2.20. The molecule has 0 saturated carbocycles. The molecule has 0 bridgehead atoms. The second-order valence-corrected chi connectivity index (χ2v) is 8.77. The maximum Gasteiger partial charge on any atom is 0.240 e. The lowest BCUT2D eigenvalue weighted by atomic mass is 10.2. The van der Waals surface area contributed by atoms with Crippen LogP contribution in [0.25, 0.3) is 22.6 Å². The first-order valence-corrected chi connectivity index (χ1v) is 11.4. The van der Waals surface area contributed by atoms with E-state index in [1.165, 1.54) is 12.1 Å². The Morgan fingerprint density at radius 2 is 1.77 bits per heavy atom. The average Bonchev–Trinajstić information content (AvgIpc) is 3.18. The van der Waals surface area contributed by atoms with Gasteiger partial charge in [0.2, 0.25) is 10.0 Å². The molecule has 1 N–H and O–H groups in total. The highest BCUT2D eigenvalue weighted by molar-refractivity contribution is 7.89. The predicted octanol–water partition coefficient (Wildman–Crippen LogP) is 2.85. The molecule has 0 aliphatic carbocycles. The molecular weight excluding hydrogens is 416 g/mol. The van der Waals surface area contributed by atoms with Gasteiger partial charge in [-0.05, 0) is 24.3 Å². The minimum Gasteiger partial charge on any atom is -0.486 e. The lowest BCUT2D eigenvalue weighted by Gasteiger charge is -2.19. The zero-order chi connectivity index (χ0) is 21.3. The fraction of sp³-hybridized carbons (Fsp3) is 0.182. The first-order valence-electron chi connectivity index (χ1n) is 9.88. The molecule has 0 saturated heterocycles. The Hall–Kier alpha value is -3.43.